The number of aromatic nitrogens is 2. The van der Waals surface area contributed by atoms with Gasteiger partial charge < -0.3 is 0 Å². The van der Waals surface area contributed by atoms with E-state index in [-0.39, 0.29) is 0 Å². The Morgan fingerprint density at radius 2 is 2.06 bits per heavy atom. The van der Waals surface area contributed by atoms with Crippen LogP contribution in [0.15, 0.2) is 12.3 Å². The number of rotatable bonds is 5. The highest BCUT2D eigenvalue weighted by Gasteiger charge is 2.23. The Morgan fingerprint density at radius 1 is 1.33 bits per heavy atom. The number of nitrogens with zero attached hydrogens (tertiary/aromatic N) is 2. The fraction of sp³-hybridized carbons (Fsp3) is 0.800. The molecule has 0 saturated heterocycles. The van der Waals surface area contributed by atoms with Gasteiger partial charge >= 0.3 is 0 Å². The lowest BCUT2D eigenvalue weighted by Gasteiger charge is -2.26. The average molecular weight is 313 g/mol. The molecule has 1 heterocycles. The summed E-state index contributed by atoms with van der Waals surface area (Å²) in [7, 11) is 0. The van der Waals surface area contributed by atoms with Crippen molar-refractivity contribution in [1.29, 1.82) is 0 Å². The van der Waals surface area contributed by atoms with Gasteiger partial charge in [-0.05, 0) is 44.1 Å². The Bertz CT molecular complexity index is 357. The third-order valence-electron chi connectivity index (χ3n) is 4.27. The minimum Gasteiger partial charge on any atom is -0.269 e. The molecule has 2 nitrogen and oxygen atoms in total. The molecule has 3 heteroatoms. The van der Waals surface area contributed by atoms with Gasteiger partial charge in [0.1, 0.15) is 0 Å². The van der Waals surface area contributed by atoms with Gasteiger partial charge in [-0.15, -0.1) is 0 Å². The van der Waals surface area contributed by atoms with E-state index >= 15 is 0 Å². The zero-order valence-electron chi connectivity index (χ0n) is 11.6. The topological polar surface area (TPSA) is 17.8 Å². The van der Waals surface area contributed by atoms with E-state index in [0.717, 1.165) is 12.3 Å². The summed E-state index contributed by atoms with van der Waals surface area (Å²) in [6, 6.07) is 2.79. The Hall–Kier alpha value is -0.310. The van der Waals surface area contributed by atoms with Gasteiger partial charge in [0.15, 0.2) is 0 Å². The summed E-state index contributed by atoms with van der Waals surface area (Å²) >= 11 is 3.84. The van der Waals surface area contributed by atoms with E-state index in [2.05, 4.69) is 46.7 Å². The number of alkyl halides is 1. The second kappa shape index (κ2) is 6.74. The maximum absolute atomic E-state index is 4.78. The first kappa shape index (κ1) is 14.1. The van der Waals surface area contributed by atoms with Crippen molar-refractivity contribution in [3.63, 3.8) is 0 Å². The van der Waals surface area contributed by atoms with Crippen molar-refractivity contribution >= 4 is 15.9 Å². The summed E-state index contributed by atoms with van der Waals surface area (Å²) in [5.74, 6) is 0.781. The summed E-state index contributed by atoms with van der Waals surface area (Å²) in [6.45, 7) is 4.48. The molecule has 1 saturated carbocycles. The summed E-state index contributed by atoms with van der Waals surface area (Å²) in [4.78, 5) is 0.699. The average Bonchev–Trinajstić information content (AvgIpc) is 2.82. The van der Waals surface area contributed by atoms with Crippen LogP contribution in [0.5, 0.6) is 0 Å². The van der Waals surface area contributed by atoms with Crippen molar-refractivity contribution in [3.05, 3.63) is 18.0 Å². The molecule has 2 rings (SSSR count). The van der Waals surface area contributed by atoms with Crippen LogP contribution in [-0.4, -0.2) is 14.6 Å². The quantitative estimate of drug-likeness (QED) is 0.718. The molecule has 18 heavy (non-hydrogen) atoms. The van der Waals surface area contributed by atoms with Crippen molar-refractivity contribution in [2.45, 2.75) is 69.7 Å². The molecule has 0 amide bonds. The van der Waals surface area contributed by atoms with Gasteiger partial charge in [-0.25, -0.2) is 0 Å². The van der Waals surface area contributed by atoms with Gasteiger partial charge in [0.2, 0.25) is 0 Å². The SMILES string of the molecule is CCC(CC)n1ccc(CC2CCCCC2Br)n1. The Labute approximate surface area is 119 Å². The van der Waals surface area contributed by atoms with Crippen LogP contribution in [0.25, 0.3) is 0 Å². The lowest BCUT2D eigenvalue weighted by Crippen LogP contribution is -2.21. The van der Waals surface area contributed by atoms with Gasteiger partial charge in [0, 0.05) is 11.0 Å². The smallest absolute Gasteiger partial charge is 0.0627 e. The third-order valence-corrected chi connectivity index (χ3v) is 5.47. The fourth-order valence-electron chi connectivity index (χ4n) is 3.01. The molecule has 0 spiro atoms. The molecule has 1 aliphatic rings. The van der Waals surface area contributed by atoms with Gasteiger partial charge in [-0.2, -0.15) is 5.10 Å². The highest BCUT2D eigenvalue weighted by molar-refractivity contribution is 9.09. The standard InChI is InChI=1S/C15H25BrN2/c1-3-14(4-2)18-10-9-13(17-18)11-12-7-5-6-8-15(12)16/h9-10,12,14-15H,3-8,11H2,1-2H3. The third kappa shape index (κ3) is 3.37. The van der Waals surface area contributed by atoms with Crippen LogP contribution in [0.1, 0.15) is 64.1 Å². The molecular weight excluding hydrogens is 288 g/mol. The summed E-state index contributed by atoms with van der Waals surface area (Å²) < 4.78 is 2.17. The first-order valence-electron chi connectivity index (χ1n) is 7.42. The van der Waals surface area contributed by atoms with Crippen LogP contribution < -0.4 is 0 Å². The van der Waals surface area contributed by atoms with E-state index in [4.69, 9.17) is 5.10 Å². The second-order valence-electron chi connectivity index (χ2n) is 5.52. The molecule has 1 aromatic rings. The van der Waals surface area contributed by atoms with Crippen molar-refractivity contribution < 1.29 is 0 Å². The van der Waals surface area contributed by atoms with E-state index in [9.17, 15) is 0 Å². The first-order valence-corrected chi connectivity index (χ1v) is 8.34. The van der Waals surface area contributed by atoms with Crippen molar-refractivity contribution in [3.8, 4) is 0 Å². The molecule has 1 aliphatic carbocycles. The maximum atomic E-state index is 4.78. The molecule has 102 valence electrons. The minimum atomic E-state index is 0.574. The van der Waals surface area contributed by atoms with E-state index in [1.807, 2.05) is 0 Å². The van der Waals surface area contributed by atoms with E-state index in [1.54, 1.807) is 0 Å². The predicted octanol–water partition coefficient (Wildman–Crippen LogP) is 4.74. The lowest BCUT2D eigenvalue weighted by atomic mass is 9.86. The molecule has 2 unspecified atom stereocenters. The first-order chi connectivity index (χ1) is 8.74. The normalized spacial score (nSPS) is 24.7. The van der Waals surface area contributed by atoms with Gasteiger partial charge in [0.25, 0.3) is 0 Å². The predicted molar refractivity (Wildman–Crippen MR) is 80.2 cm³/mol. The van der Waals surface area contributed by atoms with Gasteiger partial charge in [0.05, 0.1) is 11.7 Å². The Morgan fingerprint density at radius 3 is 2.72 bits per heavy atom. The monoisotopic (exact) mass is 312 g/mol. The Balaban J connectivity index is 1.97. The number of hydrogen-bond donors (Lipinski definition) is 0. The molecule has 0 aliphatic heterocycles. The van der Waals surface area contributed by atoms with Crippen LogP contribution in [0.2, 0.25) is 0 Å². The van der Waals surface area contributed by atoms with Crippen molar-refractivity contribution in [1.82, 2.24) is 9.78 Å². The molecular formula is C15H25BrN2. The molecule has 1 fully saturated rings. The molecule has 0 radical (unpaired) electrons. The summed E-state index contributed by atoms with van der Waals surface area (Å²) in [5.41, 5.74) is 1.28. The number of halogens is 1. The Kier molecular flexibility index (Phi) is 5.28. The zero-order chi connectivity index (χ0) is 13.0. The molecule has 2 atom stereocenters. The second-order valence-corrected chi connectivity index (χ2v) is 6.70. The molecule has 0 bridgehead atoms. The highest BCUT2D eigenvalue weighted by atomic mass is 79.9. The summed E-state index contributed by atoms with van der Waals surface area (Å²) in [5, 5.41) is 4.78. The highest BCUT2D eigenvalue weighted by Crippen LogP contribution is 2.32. The van der Waals surface area contributed by atoms with Gasteiger partial charge in [-0.3, -0.25) is 4.68 Å². The van der Waals surface area contributed by atoms with Crippen molar-refractivity contribution in [2.24, 2.45) is 5.92 Å². The largest absolute Gasteiger partial charge is 0.269 e. The van der Waals surface area contributed by atoms with Crippen LogP contribution >= 0.6 is 15.9 Å². The van der Waals surface area contributed by atoms with Crippen LogP contribution in [0.4, 0.5) is 0 Å². The molecule has 1 aromatic heterocycles. The van der Waals surface area contributed by atoms with Crippen LogP contribution in [0, 0.1) is 5.92 Å². The molecule has 0 N–H and O–H groups in total. The fourth-order valence-corrected chi connectivity index (χ4v) is 3.79. The van der Waals surface area contributed by atoms with Crippen LogP contribution in [-0.2, 0) is 6.42 Å². The number of hydrogen-bond acceptors (Lipinski definition) is 1. The van der Waals surface area contributed by atoms with Crippen LogP contribution in [0.3, 0.4) is 0 Å². The summed E-state index contributed by atoms with van der Waals surface area (Å²) in [6.07, 6.45) is 11.1. The minimum absolute atomic E-state index is 0.574. The van der Waals surface area contributed by atoms with E-state index < -0.39 is 0 Å². The lowest BCUT2D eigenvalue weighted by molar-refractivity contribution is 0.366. The molecule has 0 aromatic carbocycles. The zero-order valence-corrected chi connectivity index (χ0v) is 13.2. The van der Waals surface area contributed by atoms with Crippen molar-refractivity contribution in [2.75, 3.05) is 0 Å². The van der Waals surface area contributed by atoms with Gasteiger partial charge in [-0.1, -0.05) is 42.6 Å². The van der Waals surface area contributed by atoms with E-state index in [0.29, 0.717) is 10.9 Å². The maximum Gasteiger partial charge on any atom is 0.0627 e. The van der Waals surface area contributed by atoms with E-state index in [1.165, 1.54) is 44.2 Å².